The Morgan fingerprint density at radius 3 is 2.70 bits per heavy atom. The Hall–Kier alpha value is -1.86. The van der Waals surface area contributed by atoms with Crippen molar-refractivity contribution in [2.75, 3.05) is 6.61 Å². The van der Waals surface area contributed by atoms with Crippen LogP contribution in [0.1, 0.15) is 58.3 Å². The van der Waals surface area contributed by atoms with E-state index in [9.17, 15) is 9.59 Å². The highest BCUT2D eigenvalue weighted by molar-refractivity contribution is 8.00. The van der Waals surface area contributed by atoms with Crippen LogP contribution in [0.2, 0.25) is 0 Å². The first-order chi connectivity index (χ1) is 14.6. The Morgan fingerprint density at radius 1 is 1.20 bits per heavy atom. The van der Waals surface area contributed by atoms with Gasteiger partial charge in [0.25, 0.3) is 5.56 Å². The number of para-hydroxylation sites is 1. The van der Waals surface area contributed by atoms with E-state index < -0.39 is 0 Å². The lowest BCUT2D eigenvalue weighted by Gasteiger charge is -2.21. The molecule has 2 atom stereocenters. The van der Waals surface area contributed by atoms with E-state index in [-0.39, 0.29) is 28.9 Å². The summed E-state index contributed by atoms with van der Waals surface area (Å²) in [4.78, 5) is 30.8. The second-order valence-electron chi connectivity index (χ2n) is 8.42. The Balaban J connectivity index is 1.55. The molecule has 0 bridgehead atoms. The topological polar surface area (TPSA) is 73.2 Å². The maximum Gasteiger partial charge on any atom is 0.262 e. The van der Waals surface area contributed by atoms with Gasteiger partial charge < -0.3 is 10.1 Å². The number of hydrogen-bond donors (Lipinski definition) is 1. The highest BCUT2D eigenvalue weighted by Gasteiger charge is 2.24. The molecule has 1 aromatic carbocycles. The van der Waals surface area contributed by atoms with Crippen molar-refractivity contribution < 1.29 is 9.53 Å². The second-order valence-corrected chi connectivity index (χ2v) is 9.73. The third-order valence-corrected chi connectivity index (χ3v) is 7.18. The van der Waals surface area contributed by atoms with Crippen LogP contribution < -0.4 is 10.9 Å². The molecule has 4 rings (SSSR count). The van der Waals surface area contributed by atoms with E-state index in [1.165, 1.54) is 37.4 Å². The molecule has 6 nitrogen and oxygen atoms in total. The standard InChI is InChI=1S/C23H31N3O3S/c1-16(21(27)24-17-9-4-2-3-5-10-17)30-23-25-20-13-7-6-12-19(20)22(28)26(23)15-18-11-8-14-29-18/h6-7,12-13,16-18H,2-5,8-11,14-15H2,1H3,(H,24,27)/t16-,18-/m0/s1. The van der Waals surface area contributed by atoms with Crippen LogP contribution in [-0.4, -0.2) is 39.5 Å². The average molecular weight is 430 g/mol. The number of ether oxygens (including phenoxy) is 1. The molecule has 1 aromatic heterocycles. The van der Waals surface area contributed by atoms with Gasteiger partial charge >= 0.3 is 0 Å². The first-order valence-electron chi connectivity index (χ1n) is 11.2. The van der Waals surface area contributed by atoms with Gasteiger partial charge in [-0.15, -0.1) is 0 Å². The van der Waals surface area contributed by atoms with Crippen molar-refractivity contribution >= 4 is 28.6 Å². The fourth-order valence-corrected chi connectivity index (χ4v) is 5.27. The number of aromatic nitrogens is 2. The summed E-state index contributed by atoms with van der Waals surface area (Å²) in [5, 5.41) is 4.10. The van der Waals surface area contributed by atoms with Crippen LogP contribution in [0, 0.1) is 0 Å². The minimum atomic E-state index is -0.322. The maximum atomic E-state index is 13.2. The molecule has 2 heterocycles. The summed E-state index contributed by atoms with van der Waals surface area (Å²) in [6.45, 7) is 3.12. The van der Waals surface area contributed by atoms with Crippen LogP contribution in [0.3, 0.4) is 0 Å². The summed E-state index contributed by atoms with van der Waals surface area (Å²) in [6.07, 6.45) is 8.98. The molecule has 1 amide bonds. The molecule has 0 radical (unpaired) electrons. The zero-order valence-electron chi connectivity index (χ0n) is 17.6. The molecule has 2 fully saturated rings. The Kier molecular flexibility index (Phi) is 7.10. The number of carbonyl (C=O) groups excluding carboxylic acids is 1. The van der Waals surface area contributed by atoms with E-state index in [2.05, 4.69) is 5.32 Å². The van der Waals surface area contributed by atoms with Gasteiger partial charge in [0.1, 0.15) is 0 Å². The number of thioether (sulfide) groups is 1. The van der Waals surface area contributed by atoms with Crippen LogP contribution in [0.15, 0.2) is 34.2 Å². The fourth-order valence-electron chi connectivity index (χ4n) is 4.34. The molecule has 1 saturated carbocycles. The van der Waals surface area contributed by atoms with E-state index in [4.69, 9.17) is 9.72 Å². The quantitative estimate of drug-likeness (QED) is 0.428. The molecule has 162 valence electrons. The van der Waals surface area contributed by atoms with Crippen LogP contribution in [0.4, 0.5) is 0 Å². The Bertz CT molecular complexity index is 931. The van der Waals surface area contributed by atoms with Crippen molar-refractivity contribution in [2.45, 2.75) is 87.4 Å². The molecule has 2 aliphatic rings. The molecule has 1 saturated heterocycles. The van der Waals surface area contributed by atoms with Gasteiger partial charge in [-0.2, -0.15) is 0 Å². The van der Waals surface area contributed by atoms with Gasteiger partial charge in [0, 0.05) is 12.6 Å². The predicted octanol–water partition coefficient (Wildman–Crippen LogP) is 3.90. The molecule has 7 heteroatoms. The number of hydrogen-bond acceptors (Lipinski definition) is 5. The number of fused-ring (bicyclic) bond motifs is 1. The Labute approximate surface area is 181 Å². The largest absolute Gasteiger partial charge is 0.376 e. The maximum absolute atomic E-state index is 13.2. The summed E-state index contributed by atoms with van der Waals surface area (Å²) in [5.41, 5.74) is 0.611. The molecular formula is C23H31N3O3S. The van der Waals surface area contributed by atoms with Gasteiger partial charge in [0.2, 0.25) is 5.91 Å². The number of amides is 1. The van der Waals surface area contributed by atoms with Crippen molar-refractivity contribution in [1.82, 2.24) is 14.9 Å². The fraction of sp³-hybridized carbons (Fsp3) is 0.609. The summed E-state index contributed by atoms with van der Waals surface area (Å²) in [6, 6.07) is 7.68. The third-order valence-electron chi connectivity index (χ3n) is 6.09. The minimum absolute atomic E-state index is 0.0259. The highest BCUT2D eigenvalue weighted by atomic mass is 32.2. The summed E-state index contributed by atoms with van der Waals surface area (Å²) < 4.78 is 7.47. The van der Waals surface area contributed by atoms with Crippen LogP contribution in [0.5, 0.6) is 0 Å². The number of nitrogens with zero attached hydrogens (tertiary/aromatic N) is 2. The first-order valence-corrected chi connectivity index (χ1v) is 12.1. The molecule has 30 heavy (non-hydrogen) atoms. The summed E-state index contributed by atoms with van der Waals surface area (Å²) in [7, 11) is 0. The molecule has 1 N–H and O–H groups in total. The van der Waals surface area contributed by atoms with Crippen LogP contribution >= 0.6 is 11.8 Å². The second kappa shape index (κ2) is 9.96. The van der Waals surface area contributed by atoms with Gasteiger partial charge in [-0.3, -0.25) is 14.2 Å². The van der Waals surface area contributed by atoms with Crippen molar-refractivity contribution in [2.24, 2.45) is 0 Å². The number of nitrogens with one attached hydrogen (secondary N) is 1. The van der Waals surface area contributed by atoms with Gasteiger partial charge in [0.05, 0.1) is 28.8 Å². The number of rotatable bonds is 6. The minimum Gasteiger partial charge on any atom is -0.376 e. The predicted molar refractivity (Wildman–Crippen MR) is 120 cm³/mol. The highest BCUT2D eigenvalue weighted by Crippen LogP contribution is 2.25. The zero-order chi connectivity index (χ0) is 20.9. The van der Waals surface area contributed by atoms with Crippen LogP contribution in [0.25, 0.3) is 10.9 Å². The molecule has 1 aliphatic heterocycles. The van der Waals surface area contributed by atoms with Crippen molar-refractivity contribution in [3.8, 4) is 0 Å². The molecule has 2 aromatic rings. The van der Waals surface area contributed by atoms with E-state index in [0.717, 1.165) is 32.3 Å². The van der Waals surface area contributed by atoms with Gasteiger partial charge in [-0.05, 0) is 44.7 Å². The van der Waals surface area contributed by atoms with Gasteiger partial charge in [-0.25, -0.2) is 4.98 Å². The van der Waals surface area contributed by atoms with Crippen molar-refractivity contribution in [3.63, 3.8) is 0 Å². The Morgan fingerprint density at radius 2 is 1.97 bits per heavy atom. The smallest absolute Gasteiger partial charge is 0.262 e. The molecule has 1 aliphatic carbocycles. The van der Waals surface area contributed by atoms with Crippen molar-refractivity contribution in [3.05, 3.63) is 34.6 Å². The molecular weight excluding hydrogens is 398 g/mol. The average Bonchev–Trinajstić information content (AvgIpc) is 3.13. The van der Waals surface area contributed by atoms with E-state index in [1.54, 1.807) is 4.57 Å². The monoisotopic (exact) mass is 429 g/mol. The zero-order valence-corrected chi connectivity index (χ0v) is 18.5. The SMILES string of the molecule is C[C@H](Sc1nc2ccccc2c(=O)n1C[C@@H]1CCCO1)C(=O)NC1CCCCCC1. The van der Waals surface area contributed by atoms with Crippen LogP contribution in [-0.2, 0) is 16.1 Å². The molecule has 0 spiro atoms. The lowest BCUT2D eigenvalue weighted by molar-refractivity contribution is -0.121. The van der Waals surface area contributed by atoms with Crippen molar-refractivity contribution in [1.29, 1.82) is 0 Å². The van der Waals surface area contributed by atoms with E-state index >= 15 is 0 Å². The normalized spacial score (nSPS) is 21.4. The van der Waals surface area contributed by atoms with Gasteiger partial charge in [0.15, 0.2) is 5.16 Å². The summed E-state index contributed by atoms with van der Waals surface area (Å²) >= 11 is 1.37. The number of carbonyl (C=O) groups is 1. The lowest BCUT2D eigenvalue weighted by Crippen LogP contribution is -2.39. The lowest BCUT2D eigenvalue weighted by atomic mass is 10.1. The third kappa shape index (κ3) is 5.06. The van der Waals surface area contributed by atoms with Gasteiger partial charge in [-0.1, -0.05) is 49.6 Å². The summed E-state index contributed by atoms with van der Waals surface area (Å²) in [5.74, 6) is 0.0259. The van der Waals surface area contributed by atoms with E-state index in [1.807, 2.05) is 31.2 Å². The first kappa shape index (κ1) is 21.4. The molecule has 0 unspecified atom stereocenters. The number of benzene rings is 1. The van der Waals surface area contributed by atoms with E-state index in [0.29, 0.717) is 22.6 Å².